The molecule has 1 heterocycles. The summed E-state index contributed by atoms with van der Waals surface area (Å²) in [7, 11) is 0. The van der Waals surface area contributed by atoms with Gasteiger partial charge in [0.15, 0.2) is 5.69 Å². The average molecular weight is 307 g/mol. The van der Waals surface area contributed by atoms with E-state index in [1.165, 1.54) is 19.1 Å². The van der Waals surface area contributed by atoms with Crippen molar-refractivity contribution in [1.82, 2.24) is 15.1 Å². The Morgan fingerprint density at radius 2 is 2.00 bits per heavy atom. The van der Waals surface area contributed by atoms with E-state index < -0.39 is 17.8 Å². The molecule has 0 bridgehead atoms. The quantitative estimate of drug-likeness (QED) is 0.886. The van der Waals surface area contributed by atoms with Crippen molar-refractivity contribution in [2.45, 2.75) is 19.6 Å². The number of amides is 1. The van der Waals surface area contributed by atoms with Crippen molar-refractivity contribution in [2.24, 2.45) is 0 Å². The molecule has 2 aromatic rings. The van der Waals surface area contributed by atoms with Crippen molar-refractivity contribution in [1.29, 1.82) is 0 Å². The molecule has 1 aromatic heterocycles. The van der Waals surface area contributed by atoms with Crippen LogP contribution in [0.5, 0.6) is 0 Å². The molecule has 0 saturated heterocycles. The van der Waals surface area contributed by atoms with Crippen LogP contribution in [0.1, 0.15) is 18.2 Å². The Morgan fingerprint density at radius 1 is 1.32 bits per heavy atom. The van der Waals surface area contributed by atoms with Gasteiger partial charge >= 0.3 is 6.18 Å². The molecule has 2 rings (SSSR count). The highest BCUT2D eigenvalue weighted by Gasteiger charge is 2.38. The molecular formula is C15H12F3N3O. The number of nitrogens with one attached hydrogen (secondary N) is 1. The zero-order chi connectivity index (χ0) is 16.2. The van der Waals surface area contributed by atoms with E-state index in [1.807, 2.05) is 0 Å². The summed E-state index contributed by atoms with van der Waals surface area (Å²) < 4.78 is 40.7. The van der Waals surface area contributed by atoms with Gasteiger partial charge < -0.3 is 5.32 Å². The van der Waals surface area contributed by atoms with Crippen molar-refractivity contribution in [3.8, 4) is 17.5 Å². The van der Waals surface area contributed by atoms with Crippen molar-refractivity contribution < 1.29 is 18.0 Å². The molecule has 1 aromatic carbocycles. The van der Waals surface area contributed by atoms with Gasteiger partial charge in [0.25, 0.3) is 5.91 Å². The Balaban J connectivity index is 2.37. The maximum absolute atomic E-state index is 13.3. The molecule has 1 amide bonds. The van der Waals surface area contributed by atoms with Crippen LogP contribution >= 0.6 is 0 Å². The van der Waals surface area contributed by atoms with Gasteiger partial charge in [0.05, 0.1) is 11.9 Å². The van der Waals surface area contributed by atoms with Gasteiger partial charge in [0.1, 0.15) is 0 Å². The van der Waals surface area contributed by atoms with Crippen LogP contribution < -0.4 is 5.32 Å². The first-order valence-corrected chi connectivity index (χ1v) is 6.33. The topological polar surface area (TPSA) is 46.9 Å². The molecule has 1 N–H and O–H groups in total. The molecule has 0 saturated carbocycles. The van der Waals surface area contributed by atoms with Crippen LogP contribution in [0.25, 0.3) is 5.69 Å². The summed E-state index contributed by atoms with van der Waals surface area (Å²) in [5.74, 6) is 3.94. The first-order valence-electron chi connectivity index (χ1n) is 6.33. The van der Waals surface area contributed by atoms with Gasteiger partial charge in [0.2, 0.25) is 0 Å². The molecule has 114 valence electrons. The third-order valence-corrected chi connectivity index (χ3v) is 2.79. The third kappa shape index (κ3) is 3.47. The molecule has 0 atom stereocenters. The van der Waals surface area contributed by atoms with Gasteiger partial charge in [-0.05, 0) is 25.0 Å². The largest absolute Gasteiger partial charge is 0.433 e. The lowest BCUT2D eigenvalue weighted by Gasteiger charge is -2.12. The van der Waals surface area contributed by atoms with Crippen LogP contribution in [-0.4, -0.2) is 15.7 Å². The van der Waals surface area contributed by atoms with E-state index in [0.717, 1.165) is 10.9 Å². The normalized spacial score (nSPS) is 10.7. The predicted octanol–water partition coefficient (Wildman–Crippen LogP) is 2.53. The van der Waals surface area contributed by atoms with Gasteiger partial charge in [-0.3, -0.25) is 4.79 Å². The fourth-order valence-electron chi connectivity index (χ4n) is 1.91. The molecule has 0 aliphatic rings. The second kappa shape index (κ2) is 6.35. The van der Waals surface area contributed by atoms with Gasteiger partial charge in [-0.25, -0.2) is 4.68 Å². The summed E-state index contributed by atoms with van der Waals surface area (Å²) in [4.78, 5) is 11.3. The Kier molecular flexibility index (Phi) is 4.51. The summed E-state index contributed by atoms with van der Waals surface area (Å²) in [6.07, 6.45) is -3.50. The van der Waals surface area contributed by atoms with E-state index in [2.05, 4.69) is 22.3 Å². The highest BCUT2D eigenvalue weighted by atomic mass is 19.4. The van der Waals surface area contributed by atoms with Crippen LogP contribution in [0.3, 0.4) is 0 Å². The first kappa shape index (κ1) is 15.6. The second-order valence-electron chi connectivity index (χ2n) is 4.32. The zero-order valence-electron chi connectivity index (χ0n) is 11.6. The molecule has 0 fully saturated rings. The fourth-order valence-corrected chi connectivity index (χ4v) is 1.91. The number of rotatable bonds is 3. The smallest absolute Gasteiger partial charge is 0.341 e. The van der Waals surface area contributed by atoms with E-state index in [4.69, 9.17) is 0 Å². The summed E-state index contributed by atoms with van der Waals surface area (Å²) >= 11 is 0. The number of alkyl halides is 3. The maximum atomic E-state index is 13.3. The minimum absolute atomic E-state index is 0.123. The van der Waals surface area contributed by atoms with Crippen molar-refractivity contribution in [3.05, 3.63) is 47.8 Å². The molecular weight excluding hydrogens is 295 g/mol. The standard InChI is InChI=1S/C15H12F3N3O/c1-2-6-13(22)19-9-11-10-20-21(14(11)15(16,17)18)12-7-4-3-5-8-12/h3-5,7-8,10H,9H2,1H3,(H,19,22). The van der Waals surface area contributed by atoms with Crippen molar-refractivity contribution in [3.63, 3.8) is 0 Å². The van der Waals surface area contributed by atoms with E-state index in [-0.39, 0.29) is 12.1 Å². The van der Waals surface area contributed by atoms with E-state index in [0.29, 0.717) is 5.69 Å². The number of halogens is 3. The number of hydrogen-bond acceptors (Lipinski definition) is 2. The van der Waals surface area contributed by atoms with Crippen molar-refractivity contribution >= 4 is 5.91 Å². The van der Waals surface area contributed by atoms with Gasteiger partial charge in [0, 0.05) is 12.1 Å². The average Bonchev–Trinajstić information content (AvgIpc) is 2.90. The fraction of sp³-hybridized carbons (Fsp3) is 0.200. The lowest BCUT2D eigenvalue weighted by molar-refractivity contribution is -0.143. The van der Waals surface area contributed by atoms with Gasteiger partial charge in [-0.2, -0.15) is 18.3 Å². The van der Waals surface area contributed by atoms with E-state index in [9.17, 15) is 18.0 Å². The first-order chi connectivity index (χ1) is 10.4. The molecule has 0 unspecified atom stereocenters. The van der Waals surface area contributed by atoms with Crippen LogP contribution in [0, 0.1) is 11.8 Å². The number of nitrogens with zero attached hydrogens (tertiary/aromatic N) is 2. The maximum Gasteiger partial charge on any atom is 0.433 e. The van der Waals surface area contributed by atoms with E-state index >= 15 is 0 Å². The molecule has 7 heteroatoms. The van der Waals surface area contributed by atoms with Gasteiger partial charge in [-0.15, -0.1) is 0 Å². The van der Waals surface area contributed by atoms with Crippen LogP contribution in [0.4, 0.5) is 13.2 Å². The summed E-state index contributed by atoms with van der Waals surface area (Å²) in [6, 6.07) is 7.98. The molecule has 22 heavy (non-hydrogen) atoms. The molecule has 4 nitrogen and oxygen atoms in total. The molecule has 0 radical (unpaired) electrons. The van der Waals surface area contributed by atoms with Crippen molar-refractivity contribution in [2.75, 3.05) is 0 Å². The Bertz CT molecular complexity index is 724. The third-order valence-electron chi connectivity index (χ3n) is 2.79. The Hall–Kier alpha value is -2.75. The second-order valence-corrected chi connectivity index (χ2v) is 4.32. The minimum Gasteiger partial charge on any atom is -0.341 e. The highest BCUT2D eigenvalue weighted by molar-refractivity contribution is 5.93. The number of aromatic nitrogens is 2. The number of carbonyl (C=O) groups is 1. The number of para-hydroxylation sites is 1. The molecule has 0 aliphatic carbocycles. The number of hydrogen-bond donors (Lipinski definition) is 1. The summed E-state index contributed by atoms with van der Waals surface area (Å²) in [6.45, 7) is 1.17. The monoisotopic (exact) mass is 307 g/mol. The lowest BCUT2D eigenvalue weighted by Crippen LogP contribution is -2.23. The van der Waals surface area contributed by atoms with Crippen LogP contribution in [-0.2, 0) is 17.5 Å². The Morgan fingerprint density at radius 3 is 2.59 bits per heavy atom. The summed E-state index contributed by atoms with van der Waals surface area (Å²) in [5.41, 5.74) is -0.744. The number of carbonyl (C=O) groups excluding carboxylic acids is 1. The SMILES string of the molecule is CC#CC(=O)NCc1cnn(-c2ccccc2)c1C(F)(F)F. The van der Waals surface area contributed by atoms with Crippen LogP contribution in [0.15, 0.2) is 36.5 Å². The number of benzene rings is 1. The summed E-state index contributed by atoms with van der Waals surface area (Å²) in [5, 5.41) is 6.10. The van der Waals surface area contributed by atoms with E-state index in [1.54, 1.807) is 18.2 Å². The van der Waals surface area contributed by atoms with Gasteiger partial charge in [-0.1, -0.05) is 24.1 Å². The Labute approximate surface area is 124 Å². The lowest BCUT2D eigenvalue weighted by atomic mass is 10.2. The molecule has 0 spiro atoms. The molecule has 0 aliphatic heterocycles. The predicted molar refractivity (Wildman–Crippen MR) is 73.9 cm³/mol. The highest BCUT2D eigenvalue weighted by Crippen LogP contribution is 2.33. The zero-order valence-corrected chi connectivity index (χ0v) is 11.6. The van der Waals surface area contributed by atoms with Crippen LogP contribution in [0.2, 0.25) is 0 Å². The minimum atomic E-state index is -4.59.